The Morgan fingerprint density at radius 1 is 1.39 bits per heavy atom. The molecule has 0 fully saturated rings. The predicted octanol–water partition coefficient (Wildman–Crippen LogP) is 4.40. The zero-order valence-electron chi connectivity index (χ0n) is 13.9. The van der Waals surface area contributed by atoms with Gasteiger partial charge in [0.2, 0.25) is 0 Å². The molecule has 23 heavy (non-hydrogen) atoms. The zero-order chi connectivity index (χ0) is 16.7. The molecule has 1 atom stereocenters. The van der Waals surface area contributed by atoms with Crippen LogP contribution in [0.25, 0.3) is 0 Å². The summed E-state index contributed by atoms with van der Waals surface area (Å²) < 4.78 is 10.8. The van der Waals surface area contributed by atoms with Crippen molar-refractivity contribution in [3.63, 3.8) is 0 Å². The monoisotopic (exact) mass is 333 g/mol. The van der Waals surface area contributed by atoms with E-state index < -0.39 is 0 Å². The van der Waals surface area contributed by atoms with Gasteiger partial charge in [0.25, 0.3) is 4.87 Å². The summed E-state index contributed by atoms with van der Waals surface area (Å²) in [5.74, 6) is 1.19. The van der Waals surface area contributed by atoms with E-state index in [-0.39, 0.29) is 12.4 Å². The largest absolute Gasteiger partial charge is 0.465 e. The van der Waals surface area contributed by atoms with Crippen molar-refractivity contribution in [1.82, 2.24) is 0 Å². The lowest BCUT2D eigenvalue weighted by Crippen LogP contribution is -2.11. The van der Waals surface area contributed by atoms with Gasteiger partial charge in [-0.25, -0.2) is 4.99 Å². The molecule has 1 aromatic carbocycles. The summed E-state index contributed by atoms with van der Waals surface area (Å²) >= 11 is 1.44. The molecule has 0 aliphatic heterocycles. The highest BCUT2D eigenvalue weighted by Gasteiger charge is 2.09. The molecule has 0 bridgehead atoms. The van der Waals surface area contributed by atoms with Crippen molar-refractivity contribution in [3.8, 4) is 0 Å². The van der Waals surface area contributed by atoms with Gasteiger partial charge in [0.1, 0.15) is 5.76 Å². The third kappa shape index (κ3) is 5.67. The lowest BCUT2D eigenvalue weighted by atomic mass is 10.1. The summed E-state index contributed by atoms with van der Waals surface area (Å²) in [6, 6.07) is 7.58. The van der Waals surface area contributed by atoms with Crippen LogP contribution < -0.4 is 4.87 Å². The Balaban J connectivity index is 2.02. The van der Waals surface area contributed by atoms with Crippen molar-refractivity contribution in [1.29, 1.82) is 0 Å². The lowest BCUT2D eigenvalue weighted by Gasteiger charge is -2.09. The van der Waals surface area contributed by atoms with E-state index in [0.29, 0.717) is 17.4 Å². The SMILES string of the molecule is CCC(C)CCOC(=O)Cc1ccccc1N=c1oc(C)cs1. The number of benzene rings is 1. The summed E-state index contributed by atoms with van der Waals surface area (Å²) in [7, 11) is 0. The van der Waals surface area contributed by atoms with Crippen molar-refractivity contribution in [2.75, 3.05) is 6.61 Å². The molecular weight excluding hydrogens is 310 g/mol. The first-order valence-corrected chi connectivity index (χ1v) is 8.80. The number of hydrogen-bond donors (Lipinski definition) is 0. The van der Waals surface area contributed by atoms with Crippen molar-refractivity contribution in [2.45, 2.75) is 40.0 Å². The summed E-state index contributed by atoms with van der Waals surface area (Å²) in [6.07, 6.45) is 2.23. The maximum Gasteiger partial charge on any atom is 0.310 e. The average Bonchev–Trinajstić information content (AvgIpc) is 2.94. The average molecular weight is 333 g/mol. The molecule has 2 rings (SSSR count). The molecule has 5 heteroatoms. The van der Waals surface area contributed by atoms with Crippen LogP contribution in [-0.2, 0) is 16.0 Å². The van der Waals surface area contributed by atoms with E-state index in [0.717, 1.165) is 29.9 Å². The molecule has 0 amide bonds. The van der Waals surface area contributed by atoms with Gasteiger partial charge in [-0.05, 0) is 30.9 Å². The van der Waals surface area contributed by atoms with Crippen LogP contribution in [0.1, 0.15) is 38.0 Å². The topological polar surface area (TPSA) is 51.8 Å². The molecule has 0 N–H and O–H groups in total. The Kier molecular flexibility index (Phi) is 6.59. The molecule has 2 aromatic rings. The molecule has 1 unspecified atom stereocenters. The van der Waals surface area contributed by atoms with Crippen LogP contribution in [0.2, 0.25) is 0 Å². The Morgan fingerprint density at radius 3 is 2.87 bits per heavy atom. The quantitative estimate of drug-likeness (QED) is 0.706. The van der Waals surface area contributed by atoms with Crippen molar-refractivity contribution < 1.29 is 13.9 Å². The third-order valence-corrected chi connectivity index (χ3v) is 4.51. The van der Waals surface area contributed by atoms with Gasteiger partial charge in [0.15, 0.2) is 0 Å². The van der Waals surface area contributed by atoms with Crippen LogP contribution in [0.4, 0.5) is 5.69 Å². The van der Waals surface area contributed by atoms with Crippen LogP contribution in [0.3, 0.4) is 0 Å². The minimum atomic E-state index is -0.213. The maximum absolute atomic E-state index is 12.0. The van der Waals surface area contributed by atoms with Gasteiger partial charge >= 0.3 is 5.97 Å². The number of esters is 1. The van der Waals surface area contributed by atoms with E-state index >= 15 is 0 Å². The second-order valence-electron chi connectivity index (χ2n) is 5.65. The van der Waals surface area contributed by atoms with Crippen molar-refractivity contribution in [3.05, 3.63) is 45.8 Å². The standard InChI is InChI=1S/C18H23NO3S/c1-4-13(2)9-10-21-17(20)11-15-7-5-6-8-16(15)19-18-22-14(3)12-23-18/h5-8,12-13H,4,9-11H2,1-3H3. The van der Waals surface area contributed by atoms with Gasteiger partial charge in [0.05, 0.1) is 18.7 Å². The molecule has 0 radical (unpaired) electrons. The van der Waals surface area contributed by atoms with E-state index in [1.54, 1.807) is 0 Å². The van der Waals surface area contributed by atoms with Gasteiger partial charge in [-0.2, -0.15) is 0 Å². The molecular formula is C18H23NO3S. The fraction of sp³-hybridized carbons (Fsp3) is 0.444. The zero-order valence-corrected chi connectivity index (χ0v) is 14.7. The fourth-order valence-corrected chi connectivity index (χ4v) is 2.67. The number of nitrogens with zero attached hydrogens (tertiary/aromatic N) is 1. The van der Waals surface area contributed by atoms with E-state index in [9.17, 15) is 4.79 Å². The van der Waals surface area contributed by atoms with Gasteiger partial charge in [-0.3, -0.25) is 4.79 Å². The number of para-hydroxylation sites is 1. The molecule has 0 saturated carbocycles. The van der Waals surface area contributed by atoms with E-state index in [4.69, 9.17) is 9.15 Å². The Labute approximate surface area is 140 Å². The second-order valence-corrected chi connectivity index (χ2v) is 6.47. The van der Waals surface area contributed by atoms with Gasteiger partial charge in [0, 0.05) is 5.38 Å². The molecule has 124 valence electrons. The molecule has 0 saturated heterocycles. The maximum atomic E-state index is 12.0. The first-order chi connectivity index (χ1) is 11.1. The van der Waals surface area contributed by atoms with Crippen LogP contribution in [0.15, 0.2) is 39.1 Å². The first kappa shape index (κ1) is 17.5. The molecule has 0 aliphatic rings. The fourth-order valence-electron chi connectivity index (χ4n) is 2.02. The molecule has 1 aromatic heterocycles. The van der Waals surface area contributed by atoms with E-state index in [1.807, 2.05) is 36.6 Å². The van der Waals surface area contributed by atoms with Gasteiger partial charge < -0.3 is 9.15 Å². The summed E-state index contributed by atoms with van der Waals surface area (Å²) in [5.41, 5.74) is 1.60. The summed E-state index contributed by atoms with van der Waals surface area (Å²) in [4.78, 5) is 17.1. The van der Waals surface area contributed by atoms with Crippen LogP contribution in [-0.4, -0.2) is 12.6 Å². The number of aryl methyl sites for hydroxylation is 1. The number of hydrogen-bond acceptors (Lipinski definition) is 5. The highest BCUT2D eigenvalue weighted by molar-refractivity contribution is 7.06. The second kappa shape index (κ2) is 8.67. The number of carbonyl (C=O) groups excluding carboxylic acids is 1. The van der Waals surface area contributed by atoms with Crippen molar-refractivity contribution >= 4 is 23.0 Å². The summed E-state index contributed by atoms with van der Waals surface area (Å²) in [6.45, 7) is 6.67. The van der Waals surface area contributed by atoms with Crippen LogP contribution in [0.5, 0.6) is 0 Å². The smallest absolute Gasteiger partial charge is 0.310 e. The molecule has 1 heterocycles. The molecule has 4 nitrogen and oxygen atoms in total. The minimum absolute atomic E-state index is 0.213. The van der Waals surface area contributed by atoms with Crippen LogP contribution in [0, 0.1) is 12.8 Å². The lowest BCUT2D eigenvalue weighted by molar-refractivity contribution is -0.143. The predicted molar refractivity (Wildman–Crippen MR) is 91.7 cm³/mol. The number of rotatable bonds is 7. The van der Waals surface area contributed by atoms with E-state index in [2.05, 4.69) is 18.8 Å². The van der Waals surface area contributed by atoms with Gasteiger partial charge in [-0.1, -0.05) is 49.8 Å². The van der Waals surface area contributed by atoms with E-state index in [1.165, 1.54) is 11.3 Å². The Hall–Kier alpha value is -1.88. The highest BCUT2D eigenvalue weighted by atomic mass is 32.1. The third-order valence-electron chi connectivity index (χ3n) is 3.68. The van der Waals surface area contributed by atoms with Gasteiger partial charge in [-0.15, -0.1) is 0 Å². The summed E-state index contributed by atoms with van der Waals surface area (Å²) in [5, 5.41) is 1.91. The normalized spacial score (nSPS) is 13.1. The van der Waals surface area contributed by atoms with Crippen LogP contribution >= 0.6 is 11.3 Å². The Morgan fingerprint density at radius 2 is 2.17 bits per heavy atom. The first-order valence-electron chi connectivity index (χ1n) is 7.92. The molecule has 0 aliphatic carbocycles. The highest BCUT2D eigenvalue weighted by Crippen LogP contribution is 2.19. The minimum Gasteiger partial charge on any atom is -0.465 e. The van der Waals surface area contributed by atoms with Crippen molar-refractivity contribution in [2.24, 2.45) is 10.9 Å². The number of carbonyl (C=O) groups is 1. The Bertz CT molecular complexity index is 702. The number of ether oxygens (including phenoxy) is 1. The molecule has 0 spiro atoms.